The van der Waals surface area contributed by atoms with Crippen molar-refractivity contribution in [1.82, 2.24) is 15.6 Å². The largest absolute Gasteiger partial charge is 0.488 e. The number of aliphatic imine (C=N–C) groups is 1. The SMILES string of the molecule is CNC(=O)c1ccncc1N=CCOc1cccc(CNC2CCOCC2)c1. The number of ether oxygens (including phenoxy) is 2. The van der Waals surface area contributed by atoms with Gasteiger partial charge in [0.2, 0.25) is 0 Å². The van der Waals surface area contributed by atoms with Gasteiger partial charge in [0, 0.05) is 45.3 Å². The van der Waals surface area contributed by atoms with E-state index in [1.165, 1.54) is 5.56 Å². The van der Waals surface area contributed by atoms with E-state index in [9.17, 15) is 4.79 Å². The Labute approximate surface area is 165 Å². The van der Waals surface area contributed by atoms with Gasteiger partial charge in [0.1, 0.15) is 12.4 Å². The van der Waals surface area contributed by atoms with Crippen molar-refractivity contribution in [3.8, 4) is 5.75 Å². The maximum atomic E-state index is 11.8. The third-order valence-electron chi connectivity index (χ3n) is 4.54. The molecule has 7 heteroatoms. The molecular weight excluding hydrogens is 356 g/mol. The number of nitrogens with zero attached hydrogens (tertiary/aromatic N) is 2. The number of pyridine rings is 1. The van der Waals surface area contributed by atoms with Crippen LogP contribution in [0.2, 0.25) is 0 Å². The summed E-state index contributed by atoms with van der Waals surface area (Å²) in [6.45, 7) is 2.78. The number of aromatic nitrogens is 1. The number of benzene rings is 1. The first-order chi connectivity index (χ1) is 13.8. The topological polar surface area (TPSA) is 84.8 Å². The Kier molecular flexibility index (Phi) is 7.52. The molecule has 1 aromatic heterocycles. The zero-order chi connectivity index (χ0) is 19.6. The van der Waals surface area contributed by atoms with Gasteiger partial charge in [-0.2, -0.15) is 0 Å². The van der Waals surface area contributed by atoms with Crippen molar-refractivity contribution in [2.24, 2.45) is 4.99 Å². The molecule has 3 rings (SSSR count). The van der Waals surface area contributed by atoms with Crippen LogP contribution in [0.5, 0.6) is 5.75 Å². The Balaban J connectivity index is 1.51. The maximum Gasteiger partial charge on any atom is 0.253 e. The van der Waals surface area contributed by atoms with E-state index in [4.69, 9.17) is 9.47 Å². The minimum absolute atomic E-state index is 0.194. The molecule has 2 aromatic rings. The van der Waals surface area contributed by atoms with E-state index in [1.54, 1.807) is 31.7 Å². The lowest BCUT2D eigenvalue weighted by Crippen LogP contribution is -2.34. The molecule has 2 N–H and O–H groups in total. The van der Waals surface area contributed by atoms with Gasteiger partial charge in [-0.1, -0.05) is 12.1 Å². The average molecular weight is 382 g/mol. The van der Waals surface area contributed by atoms with E-state index in [0.29, 0.717) is 23.9 Å². The third-order valence-corrected chi connectivity index (χ3v) is 4.54. The Hall–Kier alpha value is -2.77. The summed E-state index contributed by atoms with van der Waals surface area (Å²) in [4.78, 5) is 20.2. The number of hydrogen-bond donors (Lipinski definition) is 2. The second-order valence-electron chi connectivity index (χ2n) is 6.51. The van der Waals surface area contributed by atoms with Crippen LogP contribution < -0.4 is 15.4 Å². The van der Waals surface area contributed by atoms with Crippen LogP contribution in [0.15, 0.2) is 47.7 Å². The lowest BCUT2D eigenvalue weighted by molar-refractivity contribution is 0.0776. The quantitative estimate of drug-likeness (QED) is 0.685. The highest BCUT2D eigenvalue weighted by atomic mass is 16.5. The molecule has 0 aliphatic carbocycles. The van der Waals surface area contributed by atoms with E-state index in [0.717, 1.165) is 38.3 Å². The first-order valence-corrected chi connectivity index (χ1v) is 9.48. The zero-order valence-electron chi connectivity index (χ0n) is 16.1. The molecule has 0 saturated carbocycles. The van der Waals surface area contributed by atoms with Crippen LogP contribution in [-0.2, 0) is 11.3 Å². The molecule has 0 atom stereocenters. The van der Waals surface area contributed by atoms with Crippen LogP contribution in [0.4, 0.5) is 5.69 Å². The summed E-state index contributed by atoms with van der Waals surface area (Å²) in [6.07, 6.45) is 6.87. The van der Waals surface area contributed by atoms with Crippen molar-refractivity contribution in [3.05, 3.63) is 53.9 Å². The molecule has 148 valence electrons. The highest BCUT2D eigenvalue weighted by molar-refractivity contribution is 5.99. The smallest absolute Gasteiger partial charge is 0.253 e. The molecule has 0 unspecified atom stereocenters. The first-order valence-electron chi connectivity index (χ1n) is 9.48. The summed E-state index contributed by atoms with van der Waals surface area (Å²) in [5, 5.41) is 6.16. The Morgan fingerprint density at radius 2 is 2.21 bits per heavy atom. The lowest BCUT2D eigenvalue weighted by atomic mass is 10.1. The van der Waals surface area contributed by atoms with Crippen LogP contribution in [0.25, 0.3) is 0 Å². The summed E-state index contributed by atoms with van der Waals surface area (Å²) < 4.78 is 11.2. The molecular formula is C21H26N4O3. The number of hydrogen-bond acceptors (Lipinski definition) is 6. The molecule has 28 heavy (non-hydrogen) atoms. The molecule has 1 aliphatic rings. The summed E-state index contributed by atoms with van der Waals surface area (Å²) in [6, 6.07) is 10.2. The van der Waals surface area contributed by atoms with Crippen molar-refractivity contribution in [2.75, 3.05) is 26.9 Å². The van der Waals surface area contributed by atoms with Crippen molar-refractivity contribution >= 4 is 17.8 Å². The number of carbonyl (C=O) groups is 1. The maximum absolute atomic E-state index is 11.8. The molecule has 0 radical (unpaired) electrons. The molecule has 7 nitrogen and oxygen atoms in total. The van der Waals surface area contributed by atoms with Gasteiger partial charge in [-0.15, -0.1) is 0 Å². The highest BCUT2D eigenvalue weighted by Gasteiger charge is 2.12. The number of rotatable bonds is 8. The normalized spacial score (nSPS) is 14.9. The molecule has 1 fully saturated rings. The van der Waals surface area contributed by atoms with Gasteiger partial charge in [0.15, 0.2) is 0 Å². The summed E-state index contributed by atoms with van der Waals surface area (Å²) in [7, 11) is 1.59. The van der Waals surface area contributed by atoms with Crippen molar-refractivity contribution < 1.29 is 14.3 Å². The van der Waals surface area contributed by atoms with E-state index in [2.05, 4.69) is 26.7 Å². The van der Waals surface area contributed by atoms with E-state index in [1.807, 2.05) is 18.2 Å². The van der Waals surface area contributed by atoms with E-state index in [-0.39, 0.29) is 5.91 Å². The van der Waals surface area contributed by atoms with Crippen LogP contribution in [0, 0.1) is 0 Å². The fourth-order valence-electron chi connectivity index (χ4n) is 2.99. The standard InChI is InChI=1S/C21H26N4O3/c1-22-21(26)19-5-8-23-15-20(19)24-9-12-28-18-4-2-3-16(13-18)14-25-17-6-10-27-11-7-17/h2-5,8-9,13,15,17,25H,6-7,10-12,14H2,1H3,(H,22,26). The van der Waals surface area contributed by atoms with Crippen LogP contribution >= 0.6 is 0 Å². The molecule has 2 heterocycles. The Bertz CT molecular complexity index is 804. The van der Waals surface area contributed by atoms with Crippen molar-refractivity contribution in [3.63, 3.8) is 0 Å². The second kappa shape index (κ2) is 10.5. The summed E-state index contributed by atoms with van der Waals surface area (Å²) >= 11 is 0. The van der Waals surface area contributed by atoms with Gasteiger partial charge in [-0.05, 0) is 36.6 Å². The van der Waals surface area contributed by atoms with Gasteiger partial charge in [0.25, 0.3) is 5.91 Å². The van der Waals surface area contributed by atoms with Gasteiger partial charge < -0.3 is 20.1 Å². The van der Waals surface area contributed by atoms with Crippen LogP contribution in [0.1, 0.15) is 28.8 Å². The predicted octanol–water partition coefficient (Wildman–Crippen LogP) is 2.49. The van der Waals surface area contributed by atoms with Crippen molar-refractivity contribution in [2.45, 2.75) is 25.4 Å². The molecule has 1 amide bonds. The zero-order valence-corrected chi connectivity index (χ0v) is 16.1. The van der Waals surface area contributed by atoms with Crippen molar-refractivity contribution in [1.29, 1.82) is 0 Å². The van der Waals surface area contributed by atoms with Crippen LogP contribution in [-0.4, -0.2) is 50.0 Å². The fraction of sp³-hybridized carbons (Fsp3) is 0.381. The van der Waals surface area contributed by atoms with Crippen LogP contribution in [0.3, 0.4) is 0 Å². The first kappa shape index (κ1) is 20.0. The number of nitrogens with one attached hydrogen (secondary N) is 2. The summed E-state index contributed by atoms with van der Waals surface area (Å²) in [5.74, 6) is 0.593. The monoisotopic (exact) mass is 382 g/mol. The minimum Gasteiger partial charge on any atom is -0.488 e. The average Bonchev–Trinajstić information content (AvgIpc) is 2.76. The third kappa shape index (κ3) is 5.87. The summed E-state index contributed by atoms with van der Waals surface area (Å²) in [5.41, 5.74) is 2.17. The Morgan fingerprint density at radius 1 is 1.36 bits per heavy atom. The van der Waals surface area contributed by atoms with Gasteiger partial charge in [-0.3, -0.25) is 14.8 Å². The molecule has 1 saturated heterocycles. The predicted molar refractivity (Wildman–Crippen MR) is 108 cm³/mol. The van der Waals surface area contributed by atoms with Gasteiger partial charge in [0.05, 0.1) is 17.4 Å². The van der Waals surface area contributed by atoms with Gasteiger partial charge >= 0.3 is 0 Å². The molecule has 0 spiro atoms. The number of amides is 1. The molecule has 0 bridgehead atoms. The second-order valence-corrected chi connectivity index (χ2v) is 6.51. The Morgan fingerprint density at radius 3 is 3.04 bits per heavy atom. The number of carbonyl (C=O) groups excluding carboxylic acids is 1. The van der Waals surface area contributed by atoms with E-state index < -0.39 is 0 Å². The molecule has 1 aromatic carbocycles. The van der Waals surface area contributed by atoms with Gasteiger partial charge in [-0.25, -0.2) is 0 Å². The molecule has 1 aliphatic heterocycles. The lowest BCUT2D eigenvalue weighted by Gasteiger charge is -2.23. The van der Waals surface area contributed by atoms with E-state index >= 15 is 0 Å². The minimum atomic E-state index is -0.194. The highest BCUT2D eigenvalue weighted by Crippen LogP contribution is 2.17. The fourth-order valence-corrected chi connectivity index (χ4v) is 2.99.